The van der Waals surface area contributed by atoms with Crippen LogP contribution in [-0.4, -0.2) is 23.1 Å². The normalized spacial score (nSPS) is 15.8. The van der Waals surface area contributed by atoms with E-state index in [-0.39, 0.29) is 0 Å². The Bertz CT molecular complexity index is 317. The van der Waals surface area contributed by atoms with Crippen molar-refractivity contribution in [3.8, 4) is 12.3 Å². The van der Waals surface area contributed by atoms with Gasteiger partial charge in [0.1, 0.15) is 0 Å². The van der Waals surface area contributed by atoms with E-state index in [1.807, 2.05) is 0 Å². The fraction of sp³-hybridized carbons (Fsp3) is 0.400. The van der Waals surface area contributed by atoms with Gasteiger partial charge < -0.3 is 4.90 Å². The Morgan fingerprint density at radius 1 is 1.23 bits per heavy atom. The first kappa shape index (κ1) is 8.06. The van der Waals surface area contributed by atoms with Crippen LogP contribution in [-0.2, 0) is 0 Å². The summed E-state index contributed by atoms with van der Waals surface area (Å²) in [7, 11) is 0. The zero-order chi connectivity index (χ0) is 9.10. The van der Waals surface area contributed by atoms with Crippen LogP contribution in [0.1, 0.15) is 18.4 Å². The highest BCUT2D eigenvalue weighted by Gasteiger charge is 2.13. The molecule has 0 bridgehead atoms. The van der Waals surface area contributed by atoms with Crippen molar-refractivity contribution in [3.63, 3.8) is 0 Å². The van der Waals surface area contributed by atoms with Gasteiger partial charge in [0.15, 0.2) is 0 Å². The van der Waals surface area contributed by atoms with E-state index in [9.17, 15) is 0 Å². The molecule has 1 aliphatic heterocycles. The van der Waals surface area contributed by atoms with Crippen molar-refractivity contribution in [2.24, 2.45) is 0 Å². The summed E-state index contributed by atoms with van der Waals surface area (Å²) in [5.74, 6) is 3.30. The zero-order valence-electron chi connectivity index (χ0n) is 7.40. The Hall–Kier alpha value is -1.56. The van der Waals surface area contributed by atoms with Crippen molar-refractivity contribution >= 4 is 5.95 Å². The summed E-state index contributed by atoms with van der Waals surface area (Å²) in [6.07, 6.45) is 11.1. The first-order chi connectivity index (χ1) is 6.40. The van der Waals surface area contributed by atoms with Gasteiger partial charge in [-0.3, -0.25) is 0 Å². The van der Waals surface area contributed by atoms with Crippen LogP contribution in [0, 0.1) is 12.3 Å². The Kier molecular flexibility index (Phi) is 2.13. The number of hydrogen-bond acceptors (Lipinski definition) is 3. The Morgan fingerprint density at radius 3 is 2.38 bits per heavy atom. The van der Waals surface area contributed by atoms with E-state index in [4.69, 9.17) is 6.42 Å². The minimum absolute atomic E-state index is 0.739. The molecule has 0 amide bonds. The van der Waals surface area contributed by atoms with Crippen molar-refractivity contribution in [3.05, 3.63) is 18.0 Å². The topological polar surface area (TPSA) is 29.0 Å². The Balaban J connectivity index is 2.18. The molecule has 0 N–H and O–H groups in total. The second-order valence-corrected chi connectivity index (χ2v) is 3.11. The van der Waals surface area contributed by atoms with Crippen molar-refractivity contribution in [2.75, 3.05) is 18.0 Å². The molecule has 2 rings (SSSR count). The van der Waals surface area contributed by atoms with E-state index in [0.717, 1.165) is 24.6 Å². The molecule has 0 aliphatic carbocycles. The highest BCUT2D eigenvalue weighted by Crippen LogP contribution is 2.14. The van der Waals surface area contributed by atoms with Gasteiger partial charge in [0.05, 0.1) is 5.56 Å². The van der Waals surface area contributed by atoms with Crippen molar-refractivity contribution in [2.45, 2.75) is 12.8 Å². The molecule has 0 aromatic carbocycles. The highest BCUT2D eigenvalue weighted by molar-refractivity contribution is 5.35. The summed E-state index contributed by atoms with van der Waals surface area (Å²) < 4.78 is 0. The van der Waals surface area contributed by atoms with Crippen LogP contribution >= 0.6 is 0 Å². The van der Waals surface area contributed by atoms with Gasteiger partial charge in [-0.15, -0.1) is 6.42 Å². The molecule has 0 atom stereocenters. The predicted molar refractivity (Wildman–Crippen MR) is 51.4 cm³/mol. The van der Waals surface area contributed by atoms with Crippen LogP contribution in [0.4, 0.5) is 5.95 Å². The van der Waals surface area contributed by atoms with Gasteiger partial charge in [-0.25, -0.2) is 9.97 Å². The van der Waals surface area contributed by atoms with E-state index in [0.29, 0.717) is 0 Å². The van der Waals surface area contributed by atoms with Crippen LogP contribution < -0.4 is 4.90 Å². The number of terminal acetylenes is 1. The minimum Gasteiger partial charge on any atom is -0.341 e. The van der Waals surface area contributed by atoms with Crippen LogP contribution in [0.15, 0.2) is 12.4 Å². The lowest BCUT2D eigenvalue weighted by molar-refractivity contribution is 0.897. The molecular weight excluding hydrogens is 162 g/mol. The zero-order valence-corrected chi connectivity index (χ0v) is 7.40. The molecule has 0 radical (unpaired) electrons. The van der Waals surface area contributed by atoms with Gasteiger partial charge >= 0.3 is 0 Å². The van der Waals surface area contributed by atoms with Gasteiger partial charge in [-0.1, -0.05) is 5.92 Å². The summed E-state index contributed by atoms with van der Waals surface area (Å²) in [4.78, 5) is 10.6. The molecule has 0 spiro atoms. The molecule has 1 aromatic heterocycles. The highest BCUT2D eigenvalue weighted by atomic mass is 15.3. The number of hydrogen-bond donors (Lipinski definition) is 0. The quantitative estimate of drug-likeness (QED) is 0.594. The summed E-state index contributed by atoms with van der Waals surface area (Å²) >= 11 is 0. The Labute approximate surface area is 77.8 Å². The second kappa shape index (κ2) is 3.44. The maximum absolute atomic E-state index is 5.21. The molecule has 2 heterocycles. The predicted octanol–water partition coefficient (Wildman–Crippen LogP) is 1.06. The summed E-state index contributed by atoms with van der Waals surface area (Å²) in [5.41, 5.74) is 0.739. The van der Waals surface area contributed by atoms with Gasteiger partial charge in [0, 0.05) is 25.5 Å². The molecule has 0 saturated carbocycles. The maximum Gasteiger partial charge on any atom is 0.225 e. The number of aromatic nitrogens is 2. The largest absolute Gasteiger partial charge is 0.341 e. The van der Waals surface area contributed by atoms with Crippen molar-refractivity contribution in [1.29, 1.82) is 0 Å². The first-order valence-electron chi connectivity index (χ1n) is 4.44. The standard InChI is InChI=1S/C10H11N3/c1-2-9-7-11-10(12-8-9)13-5-3-4-6-13/h1,7-8H,3-6H2. The van der Waals surface area contributed by atoms with Crippen molar-refractivity contribution < 1.29 is 0 Å². The molecule has 1 fully saturated rings. The number of rotatable bonds is 1. The monoisotopic (exact) mass is 173 g/mol. The smallest absolute Gasteiger partial charge is 0.225 e. The van der Waals surface area contributed by atoms with Gasteiger partial charge in [0.2, 0.25) is 5.95 Å². The van der Waals surface area contributed by atoms with Gasteiger partial charge in [0.25, 0.3) is 0 Å². The third-order valence-electron chi connectivity index (χ3n) is 2.19. The van der Waals surface area contributed by atoms with E-state index < -0.39 is 0 Å². The third-order valence-corrected chi connectivity index (χ3v) is 2.19. The molecule has 3 heteroatoms. The summed E-state index contributed by atoms with van der Waals surface area (Å²) in [5, 5.41) is 0. The fourth-order valence-corrected chi connectivity index (χ4v) is 1.48. The molecule has 13 heavy (non-hydrogen) atoms. The maximum atomic E-state index is 5.21. The lowest BCUT2D eigenvalue weighted by atomic mass is 10.4. The molecule has 1 aromatic rings. The van der Waals surface area contributed by atoms with Crippen LogP contribution in [0.25, 0.3) is 0 Å². The average Bonchev–Trinajstić information content (AvgIpc) is 2.71. The SMILES string of the molecule is C#Cc1cnc(N2CCCC2)nc1. The first-order valence-corrected chi connectivity index (χ1v) is 4.44. The number of anilines is 1. The lowest BCUT2D eigenvalue weighted by Crippen LogP contribution is -2.20. The van der Waals surface area contributed by atoms with Crippen LogP contribution in [0.2, 0.25) is 0 Å². The molecule has 3 nitrogen and oxygen atoms in total. The average molecular weight is 173 g/mol. The lowest BCUT2D eigenvalue weighted by Gasteiger charge is -2.13. The van der Waals surface area contributed by atoms with Gasteiger partial charge in [-0.2, -0.15) is 0 Å². The fourth-order valence-electron chi connectivity index (χ4n) is 1.48. The molecule has 66 valence electrons. The summed E-state index contributed by atoms with van der Waals surface area (Å²) in [6.45, 7) is 2.13. The van der Waals surface area contributed by atoms with Gasteiger partial charge in [-0.05, 0) is 12.8 Å². The van der Waals surface area contributed by atoms with E-state index >= 15 is 0 Å². The molecule has 1 saturated heterocycles. The van der Waals surface area contributed by atoms with Crippen LogP contribution in [0.5, 0.6) is 0 Å². The van der Waals surface area contributed by atoms with E-state index in [1.165, 1.54) is 12.8 Å². The van der Waals surface area contributed by atoms with E-state index in [2.05, 4.69) is 20.8 Å². The third kappa shape index (κ3) is 1.62. The minimum atomic E-state index is 0.739. The molecular formula is C10H11N3. The van der Waals surface area contributed by atoms with Crippen LogP contribution in [0.3, 0.4) is 0 Å². The molecule has 1 aliphatic rings. The molecule has 0 unspecified atom stereocenters. The van der Waals surface area contributed by atoms with Crippen molar-refractivity contribution in [1.82, 2.24) is 9.97 Å². The van der Waals surface area contributed by atoms with E-state index in [1.54, 1.807) is 12.4 Å². The number of nitrogens with zero attached hydrogens (tertiary/aromatic N) is 3. The Morgan fingerprint density at radius 2 is 1.85 bits per heavy atom. The summed E-state index contributed by atoms with van der Waals surface area (Å²) in [6, 6.07) is 0. The second-order valence-electron chi connectivity index (χ2n) is 3.11.